The molecule has 114 valence electrons. The monoisotopic (exact) mass is 282 g/mol. The Kier molecular flexibility index (Phi) is 6.26. The van der Waals surface area contributed by atoms with E-state index in [2.05, 4.69) is 27.3 Å². The number of aromatic nitrogens is 2. The maximum absolute atomic E-state index is 5.79. The van der Waals surface area contributed by atoms with Gasteiger partial charge in [-0.1, -0.05) is 24.9 Å². The molecule has 1 atom stereocenters. The predicted molar refractivity (Wildman–Crippen MR) is 77.8 cm³/mol. The van der Waals surface area contributed by atoms with E-state index in [9.17, 15) is 0 Å². The maximum atomic E-state index is 5.79. The lowest BCUT2D eigenvalue weighted by Crippen LogP contribution is -2.34. The zero-order valence-corrected chi connectivity index (χ0v) is 12.6. The van der Waals surface area contributed by atoms with Gasteiger partial charge in [-0.3, -0.25) is 0 Å². The number of rotatable bonds is 7. The summed E-state index contributed by atoms with van der Waals surface area (Å²) < 4.78 is 10.8. The van der Waals surface area contributed by atoms with Crippen molar-refractivity contribution < 1.29 is 9.15 Å². The van der Waals surface area contributed by atoms with Crippen LogP contribution in [0.25, 0.3) is 0 Å². The minimum Gasteiger partial charge on any atom is -0.407 e. The van der Waals surface area contributed by atoms with Crippen molar-refractivity contribution in [3.05, 3.63) is 5.89 Å². The van der Waals surface area contributed by atoms with Crippen LogP contribution in [0, 0.1) is 0 Å². The molecule has 1 N–H and O–H groups in total. The molecule has 0 radical (unpaired) electrons. The van der Waals surface area contributed by atoms with Crippen LogP contribution in [0.3, 0.4) is 0 Å². The molecule has 1 aliphatic heterocycles. The summed E-state index contributed by atoms with van der Waals surface area (Å²) in [6.07, 6.45) is 6.16. The van der Waals surface area contributed by atoms with Crippen LogP contribution in [0.5, 0.6) is 0 Å². The van der Waals surface area contributed by atoms with Gasteiger partial charge in [0.05, 0.1) is 13.2 Å². The van der Waals surface area contributed by atoms with E-state index in [-0.39, 0.29) is 0 Å². The van der Waals surface area contributed by atoms with Gasteiger partial charge in [-0.15, -0.1) is 5.10 Å². The van der Waals surface area contributed by atoms with E-state index >= 15 is 0 Å². The molecule has 2 heterocycles. The van der Waals surface area contributed by atoms with E-state index in [1.54, 1.807) is 7.11 Å². The van der Waals surface area contributed by atoms with Crippen molar-refractivity contribution in [2.24, 2.45) is 0 Å². The van der Waals surface area contributed by atoms with Crippen LogP contribution in [-0.4, -0.2) is 43.0 Å². The van der Waals surface area contributed by atoms with Crippen LogP contribution in [0.15, 0.2) is 4.42 Å². The van der Waals surface area contributed by atoms with Crippen LogP contribution >= 0.6 is 0 Å². The smallest absolute Gasteiger partial charge is 0.318 e. The summed E-state index contributed by atoms with van der Waals surface area (Å²) in [7, 11) is 1.69. The Labute approximate surface area is 120 Å². The van der Waals surface area contributed by atoms with Gasteiger partial charge < -0.3 is 19.4 Å². The highest BCUT2D eigenvalue weighted by atomic mass is 16.5. The molecule has 0 aliphatic carbocycles. The number of nitrogens with one attached hydrogen (secondary N) is 1. The van der Waals surface area contributed by atoms with E-state index < -0.39 is 0 Å². The second kappa shape index (κ2) is 8.21. The van der Waals surface area contributed by atoms with Crippen LogP contribution in [0.2, 0.25) is 0 Å². The Hall–Kier alpha value is -1.14. The summed E-state index contributed by atoms with van der Waals surface area (Å²) in [5.41, 5.74) is 0. The summed E-state index contributed by atoms with van der Waals surface area (Å²) in [4.78, 5) is 2.29. The van der Waals surface area contributed by atoms with Crippen molar-refractivity contribution in [2.75, 3.05) is 31.7 Å². The molecule has 1 aromatic rings. The maximum Gasteiger partial charge on any atom is 0.318 e. The fourth-order valence-corrected chi connectivity index (χ4v) is 2.66. The number of ether oxygens (including phenoxy) is 1. The molecule has 0 bridgehead atoms. The molecule has 20 heavy (non-hydrogen) atoms. The highest BCUT2D eigenvalue weighted by molar-refractivity contribution is 5.26. The van der Waals surface area contributed by atoms with Crippen molar-refractivity contribution in [3.8, 4) is 0 Å². The summed E-state index contributed by atoms with van der Waals surface area (Å²) >= 11 is 0. The van der Waals surface area contributed by atoms with E-state index in [4.69, 9.17) is 9.15 Å². The average molecular weight is 282 g/mol. The third kappa shape index (κ3) is 4.18. The molecule has 1 saturated heterocycles. The largest absolute Gasteiger partial charge is 0.407 e. The predicted octanol–water partition coefficient (Wildman–Crippen LogP) is 1.96. The van der Waals surface area contributed by atoms with Gasteiger partial charge in [0.15, 0.2) is 0 Å². The highest BCUT2D eigenvalue weighted by Crippen LogP contribution is 2.24. The molecular weight excluding hydrogens is 256 g/mol. The summed E-state index contributed by atoms with van der Waals surface area (Å²) in [5.74, 6) is 0.648. The van der Waals surface area contributed by atoms with Crippen LogP contribution in [0.1, 0.15) is 44.9 Å². The summed E-state index contributed by atoms with van der Waals surface area (Å²) in [6, 6.07) is 1.22. The first kappa shape index (κ1) is 15.3. The molecule has 0 saturated carbocycles. The number of hydrogen-bond donors (Lipinski definition) is 1. The fraction of sp³-hybridized carbons (Fsp3) is 0.857. The van der Waals surface area contributed by atoms with Gasteiger partial charge in [0.2, 0.25) is 5.89 Å². The van der Waals surface area contributed by atoms with Crippen molar-refractivity contribution in [1.29, 1.82) is 0 Å². The third-order valence-electron chi connectivity index (χ3n) is 3.81. The quantitative estimate of drug-likeness (QED) is 0.771. The molecule has 2 rings (SSSR count). The Bertz CT molecular complexity index is 383. The number of hydrogen-bond acceptors (Lipinski definition) is 6. The molecule has 1 aromatic heterocycles. The van der Waals surface area contributed by atoms with Gasteiger partial charge in [0.25, 0.3) is 0 Å². The zero-order chi connectivity index (χ0) is 14.2. The second-order valence-corrected chi connectivity index (χ2v) is 5.25. The SMILES string of the molecule is CCC1CCCCCN1c1nnc(CNCCOC)o1. The Morgan fingerprint density at radius 1 is 1.35 bits per heavy atom. The number of anilines is 1. The molecule has 1 fully saturated rings. The minimum atomic E-state index is 0.534. The standard InChI is InChI=1S/C14H26N4O2/c1-3-12-7-5-4-6-9-18(12)14-17-16-13(20-14)11-15-8-10-19-2/h12,15H,3-11H2,1-2H3. The van der Waals surface area contributed by atoms with Gasteiger partial charge >= 0.3 is 6.01 Å². The summed E-state index contributed by atoms with van der Waals surface area (Å²) in [6.45, 7) is 5.32. The molecular formula is C14H26N4O2. The average Bonchev–Trinajstić information content (AvgIpc) is 2.80. The first-order valence-electron chi connectivity index (χ1n) is 7.63. The topological polar surface area (TPSA) is 63.4 Å². The molecule has 0 amide bonds. The minimum absolute atomic E-state index is 0.534. The summed E-state index contributed by atoms with van der Waals surface area (Å²) in [5, 5.41) is 11.6. The van der Waals surface area contributed by atoms with Crippen LogP contribution in [0.4, 0.5) is 6.01 Å². The lowest BCUT2D eigenvalue weighted by atomic mass is 10.1. The third-order valence-corrected chi connectivity index (χ3v) is 3.81. The van der Waals surface area contributed by atoms with E-state index in [0.29, 0.717) is 31.1 Å². The molecule has 1 aliphatic rings. The molecule has 6 nitrogen and oxygen atoms in total. The van der Waals surface area contributed by atoms with Crippen LogP contribution in [-0.2, 0) is 11.3 Å². The lowest BCUT2D eigenvalue weighted by Gasteiger charge is -2.26. The van der Waals surface area contributed by atoms with Gasteiger partial charge in [0.1, 0.15) is 0 Å². The Morgan fingerprint density at radius 2 is 2.25 bits per heavy atom. The van der Waals surface area contributed by atoms with Gasteiger partial charge in [-0.2, -0.15) is 0 Å². The van der Waals surface area contributed by atoms with Crippen molar-refractivity contribution in [2.45, 2.75) is 51.6 Å². The Morgan fingerprint density at radius 3 is 3.05 bits per heavy atom. The van der Waals surface area contributed by atoms with Crippen molar-refractivity contribution >= 4 is 6.01 Å². The van der Waals surface area contributed by atoms with E-state index in [0.717, 1.165) is 19.5 Å². The molecule has 0 spiro atoms. The number of methoxy groups -OCH3 is 1. The second-order valence-electron chi connectivity index (χ2n) is 5.25. The number of nitrogens with zero attached hydrogens (tertiary/aromatic N) is 3. The molecule has 1 unspecified atom stereocenters. The van der Waals surface area contributed by atoms with E-state index in [1.165, 1.54) is 25.7 Å². The molecule has 6 heteroatoms. The zero-order valence-electron chi connectivity index (χ0n) is 12.6. The molecule has 0 aromatic carbocycles. The Balaban J connectivity index is 1.92. The lowest BCUT2D eigenvalue weighted by molar-refractivity contribution is 0.198. The normalized spacial score (nSPS) is 20.1. The highest BCUT2D eigenvalue weighted by Gasteiger charge is 2.24. The van der Waals surface area contributed by atoms with Crippen molar-refractivity contribution in [1.82, 2.24) is 15.5 Å². The fourth-order valence-electron chi connectivity index (χ4n) is 2.66. The van der Waals surface area contributed by atoms with Crippen LogP contribution < -0.4 is 10.2 Å². The van der Waals surface area contributed by atoms with Crippen molar-refractivity contribution in [3.63, 3.8) is 0 Å². The van der Waals surface area contributed by atoms with E-state index in [1.807, 2.05) is 0 Å². The first-order valence-corrected chi connectivity index (χ1v) is 7.63. The first-order chi connectivity index (χ1) is 9.85. The van der Waals surface area contributed by atoms with Gasteiger partial charge in [-0.05, 0) is 19.3 Å². The van der Waals surface area contributed by atoms with Gasteiger partial charge in [-0.25, -0.2) is 0 Å². The van der Waals surface area contributed by atoms with Gasteiger partial charge in [0, 0.05) is 26.2 Å².